The van der Waals surface area contributed by atoms with E-state index >= 15 is 0 Å². The van der Waals surface area contributed by atoms with Crippen molar-refractivity contribution in [1.82, 2.24) is 9.88 Å². The molecule has 0 bridgehead atoms. The van der Waals surface area contributed by atoms with Gasteiger partial charge in [-0.25, -0.2) is 0 Å². The van der Waals surface area contributed by atoms with Crippen LogP contribution in [0, 0.1) is 5.92 Å². The minimum Gasteiger partial charge on any atom is -0.356 e. The van der Waals surface area contributed by atoms with Crippen molar-refractivity contribution in [1.29, 1.82) is 0 Å². The number of aryl methyl sites for hydroxylation is 1. The Hall–Kier alpha value is -2.55. The van der Waals surface area contributed by atoms with Crippen molar-refractivity contribution in [3.8, 4) is 0 Å². The van der Waals surface area contributed by atoms with E-state index < -0.39 is 0 Å². The molecule has 1 aliphatic heterocycles. The fraction of sp³-hybridized carbons (Fsp3) is 0.375. The highest BCUT2D eigenvalue weighted by molar-refractivity contribution is 5.87. The normalized spacial score (nSPS) is 19.7. The molecule has 3 heteroatoms. The van der Waals surface area contributed by atoms with E-state index in [0.717, 1.165) is 32.2 Å². The lowest BCUT2D eigenvalue weighted by molar-refractivity contribution is -0.140. The van der Waals surface area contributed by atoms with Gasteiger partial charge in [0.2, 0.25) is 5.91 Å². The first kappa shape index (κ1) is 16.6. The minimum absolute atomic E-state index is 0.000145. The van der Waals surface area contributed by atoms with Crippen LogP contribution in [0.4, 0.5) is 0 Å². The maximum atomic E-state index is 13.2. The van der Waals surface area contributed by atoms with Gasteiger partial charge >= 0.3 is 0 Å². The third-order valence-electron chi connectivity index (χ3n) is 6.48. The fourth-order valence-corrected chi connectivity index (χ4v) is 4.65. The van der Waals surface area contributed by atoms with Gasteiger partial charge in [-0.05, 0) is 48.4 Å². The molecule has 2 aliphatic rings. The van der Waals surface area contributed by atoms with Crippen molar-refractivity contribution in [2.75, 3.05) is 6.54 Å². The third kappa shape index (κ3) is 2.68. The standard InChI is InChI=1S/C24H26N2O/c1-2-16-10-12-17(13-11-16)23-22-20(19-8-3-4-9-21(19)25-22)14-15-26(23)24(27)18-6-5-7-18/h3-4,8-13,18,23,25H,2,5-7,14-15H2,1H3. The lowest BCUT2D eigenvalue weighted by Gasteiger charge is -2.40. The third-order valence-corrected chi connectivity index (χ3v) is 6.48. The zero-order valence-electron chi connectivity index (χ0n) is 15.9. The number of aromatic nitrogens is 1. The molecule has 2 heterocycles. The maximum Gasteiger partial charge on any atom is 0.226 e. The predicted octanol–water partition coefficient (Wildman–Crippen LogP) is 5.00. The molecule has 1 amide bonds. The predicted molar refractivity (Wildman–Crippen MR) is 109 cm³/mol. The molecule has 3 nitrogen and oxygen atoms in total. The number of benzene rings is 2. The summed E-state index contributed by atoms with van der Waals surface area (Å²) in [5.41, 5.74) is 6.32. The van der Waals surface area contributed by atoms with Crippen LogP contribution in [0.2, 0.25) is 0 Å². The Balaban J connectivity index is 1.63. The smallest absolute Gasteiger partial charge is 0.226 e. The van der Waals surface area contributed by atoms with Crippen LogP contribution < -0.4 is 0 Å². The Morgan fingerprint density at radius 2 is 1.89 bits per heavy atom. The van der Waals surface area contributed by atoms with E-state index in [1.165, 1.54) is 39.7 Å². The van der Waals surface area contributed by atoms with E-state index in [4.69, 9.17) is 0 Å². The molecule has 1 aliphatic carbocycles. The monoisotopic (exact) mass is 358 g/mol. The number of amides is 1. The number of hydrogen-bond donors (Lipinski definition) is 1. The highest BCUT2D eigenvalue weighted by atomic mass is 16.2. The zero-order valence-corrected chi connectivity index (χ0v) is 15.9. The molecule has 5 rings (SSSR count). The molecule has 1 saturated carbocycles. The summed E-state index contributed by atoms with van der Waals surface area (Å²) in [5.74, 6) is 0.573. The Kier molecular flexibility index (Phi) is 4.04. The van der Waals surface area contributed by atoms with Gasteiger partial charge in [-0.15, -0.1) is 0 Å². The average Bonchev–Trinajstić information content (AvgIpc) is 3.04. The summed E-state index contributed by atoms with van der Waals surface area (Å²) in [5, 5.41) is 1.30. The minimum atomic E-state index is 0.000145. The molecule has 2 aromatic carbocycles. The molecule has 0 spiro atoms. The van der Waals surface area contributed by atoms with E-state index in [0.29, 0.717) is 5.91 Å². The van der Waals surface area contributed by atoms with E-state index in [2.05, 4.69) is 65.3 Å². The zero-order chi connectivity index (χ0) is 18.4. The number of fused-ring (bicyclic) bond motifs is 3. The molecule has 0 radical (unpaired) electrons. The van der Waals surface area contributed by atoms with Gasteiger partial charge in [-0.3, -0.25) is 4.79 Å². The number of nitrogens with one attached hydrogen (secondary N) is 1. The van der Waals surface area contributed by atoms with Gasteiger partial charge in [0.05, 0.1) is 6.04 Å². The second-order valence-corrected chi connectivity index (χ2v) is 7.97. The molecular weight excluding hydrogens is 332 g/mol. The number of rotatable bonds is 3. The van der Waals surface area contributed by atoms with Crippen LogP contribution >= 0.6 is 0 Å². The molecule has 138 valence electrons. The lowest BCUT2D eigenvalue weighted by atomic mass is 9.82. The van der Waals surface area contributed by atoms with E-state index in [9.17, 15) is 4.79 Å². The van der Waals surface area contributed by atoms with Crippen LogP contribution in [-0.2, 0) is 17.6 Å². The largest absolute Gasteiger partial charge is 0.356 e. The summed E-state index contributed by atoms with van der Waals surface area (Å²) >= 11 is 0. The highest BCUT2D eigenvalue weighted by Gasteiger charge is 2.38. The molecule has 1 atom stereocenters. The Morgan fingerprint density at radius 3 is 2.59 bits per heavy atom. The number of hydrogen-bond acceptors (Lipinski definition) is 1. The Morgan fingerprint density at radius 1 is 1.11 bits per heavy atom. The molecule has 1 aromatic heterocycles. The summed E-state index contributed by atoms with van der Waals surface area (Å²) in [7, 11) is 0. The molecule has 1 fully saturated rings. The summed E-state index contributed by atoms with van der Waals surface area (Å²) in [6, 6.07) is 17.4. The maximum absolute atomic E-state index is 13.2. The van der Waals surface area contributed by atoms with E-state index in [1.807, 2.05) is 0 Å². The van der Waals surface area contributed by atoms with Crippen molar-refractivity contribution >= 4 is 16.8 Å². The Bertz CT molecular complexity index is 981. The van der Waals surface area contributed by atoms with Gasteiger partial charge in [0.1, 0.15) is 0 Å². The van der Waals surface area contributed by atoms with Crippen molar-refractivity contribution in [2.24, 2.45) is 5.92 Å². The fourth-order valence-electron chi connectivity index (χ4n) is 4.65. The van der Waals surface area contributed by atoms with Crippen LogP contribution in [0.25, 0.3) is 10.9 Å². The van der Waals surface area contributed by atoms with Gasteiger partial charge < -0.3 is 9.88 Å². The van der Waals surface area contributed by atoms with Crippen molar-refractivity contribution in [2.45, 2.75) is 45.1 Å². The van der Waals surface area contributed by atoms with Crippen molar-refractivity contribution < 1.29 is 4.79 Å². The van der Waals surface area contributed by atoms with Crippen LogP contribution in [-0.4, -0.2) is 22.3 Å². The number of H-pyrrole nitrogens is 1. The summed E-state index contributed by atoms with van der Waals surface area (Å²) in [6.45, 7) is 2.99. The van der Waals surface area contributed by atoms with Crippen LogP contribution in [0.1, 0.15) is 54.6 Å². The van der Waals surface area contributed by atoms with Crippen LogP contribution in [0.15, 0.2) is 48.5 Å². The summed E-state index contributed by atoms with van der Waals surface area (Å²) in [4.78, 5) is 19.0. The highest BCUT2D eigenvalue weighted by Crippen LogP contribution is 2.41. The molecular formula is C24H26N2O. The first-order valence-corrected chi connectivity index (χ1v) is 10.2. The van der Waals surface area contributed by atoms with E-state index in [1.54, 1.807) is 0 Å². The van der Waals surface area contributed by atoms with E-state index in [-0.39, 0.29) is 12.0 Å². The van der Waals surface area contributed by atoms with Crippen molar-refractivity contribution in [3.05, 3.63) is 70.9 Å². The van der Waals surface area contributed by atoms with Gasteiger partial charge in [-0.1, -0.05) is 55.8 Å². The number of carbonyl (C=O) groups excluding carboxylic acids is 1. The second-order valence-electron chi connectivity index (χ2n) is 7.97. The SMILES string of the molecule is CCc1ccc(C2c3[nH]c4ccccc4c3CCN2C(=O)C2CCC2)cc1. The number of carbonyl (C=O) groups is 1. The Labute approximate surface area is 160 Å². The average molecular weight is 358 g/mol. The number of para-hydroxylation sites is 1. The molecule has 0 saturated heterocycles. The van der Waals surface area contributed by atoms with Crippen molar-refractivity contribution in [3.63, 3.8) is 0 Å². The molecule has 1 unspecified atom stereocenters. The first-order chi connectivity index (χ1) is 13.3. The molecule has 1 N–H and O–H groups in total. The van der Waals surface area contributed by atoms with Crippen LogP contribution in [0.3, 0.4) is 0 Å². The lowest BCUT2D eigenvalue weighted by Crippen LogP contribution is -2.45. The van der Waals surface area contributed by atoms with Crippen LogP contribution in [0.5, 0.6) is 0 Å². The van der Waals surface area contributed by atoms with Gasteiger partial charge in [0, 0.05) is 29.1 Å². The molecule has 3 aromatic rings. The van der Waals surface area contributed by atoms with Gasteiger partial charge in [0.25, 0.3) is 0 Å². The number of aromatic amines is 1. The topological polar surface area (TPSA) is 36.1 Å². The second kappa shape index (κ2) is 6.56. The summed E-state index contributed by atoms with van der Waals surface area (Å²) < 4.78 is 0. The van der Waals surface area contributed by atoms with Gasteiger partial charge in [-0.2, -0.15) is 0 Å². The quantitative estimate of drug-likeness (QED) is 0.702. The number of nitrogens with zero attached hydrogens (tertiary/aromatic N) is 1. The van der Waals surface area contributed by atoms with Gasteiger partial charge in [0.15, 0.2) is 0 Å². The first-order valence-electron chi connectivity index (χ1n) is 10.2. The summed E-state index contributed by atoms with van der Waals surface area (Å²) in [6.07, 6.45) is 5.26. The molecule has 27 heavy (non-hydrogen) atoms.